The van der Waals surface area contributed by atoms with Crippen LogP contribution in [0.1, 0.15) is 23.3 Å². The fourth-order valence-electron chi connectivity index (χ4n) is 2.20. The van der Waals surface area contributed by atoms with Gasteiger partial charge in [-0.2, -0.15) is 0 Å². The summed E-state index contributed by atoms with van der Waals surface area (Å²) in [7, 11) is 0. The molecule has 1 aromatic rings. The number of hydrogen-bond acceptors (Lipinski definition) is 4. The molecule has 2 rings (SSSR count). The van der Waals surface area contributed by atoms with Gasteiger partial charge in [-0.05, 0) is 30.9 Å². The number of pyridine rings is 1. The number of rotatable bonds is 3. The molecule has 0 saturated carbocycles. The standard InChI is InChI=1S/C12H17N3O2/c13-12(17)11-6-10(3-4-14-11)15-5-1-2-9(7-15)8-16/h3-4,6,9,16H,1-2,5,7-8H2,(H2,13,17). The number of nitrogens with two attached hydrogens (primary N) is 1. The van der Waals surface area contributed by atoms with E-state index in [0.29, 0.717) is 5.92 Å². The van der Waals surface area contributed by atoms with E-state index >= 15 is 0 Å². The van der Waals surface area contributed by atoms with Crippen molar-refractivity contribution in [3.05, 3.63) is 24.0 Å². The Hall–Kier alpha value is -1.62. The minimum Gasteiger partial charge on any atom is -0.396 e. The van der Waals surface area contributed by atoms with Gasteiger partial charge < -0.3 is 15.7 Å². The molecule has 1 saturated heterocycles. The Balaban J connectivity index is 2.16. The quantitative estimate of drug-likeness (QED) is 0.794. The highest BCUT2D eigenvalue weighted by molar-refractivity contribution is 5.91. The van der Waals surface area contributed by atoms with E-state index in [1.165, 1.54) is 0 Å². The summed E-state index contributed by atoms with van der Waals surface area (Å²) in [5.41, 5.74) is 6.44. The maximum atomic E-state index is 11.1. The number of nitrogens with zero attached hydrogens (tertiary/aromatic N) is 2. The minimum absolute atomic E-state index is 0.213. The summed E-state index contributed by atoms with van der Waals surface area (Å²) in [6.45, 7) is 1.97. The molecule has 0 bridgehead atoms. The van der Waals surface area contributed by atoms with E-state index in [1.807, 2.05) is 6.07 Å². The van der Waals surface area contributed by atoms with E-state index in [9.17, 15) is 9.90 Å². The SMILES string of the molecule is NC(=O)c1cc(N2CCCC(CO)C2)ccn1. The zero-order valence-electron chi connectivity index (χ0n) is 9.67. The van der Waals surface area contributed by atoms with Gasteiger partial charge in [0.25, 0.3) is 5.91 Å². The average Bonchev–Trinajstić information content (AvgIpc) is 2.39. The zero-order valence-corrected chi connectivity index (χ0v) is 9.67. The van der Waals surface area contributed by atoms with Gasteiger partial charge in [-0.25, -0.2) is 0 Å². The Morgan fingerprint density at radius 1 is 1.65 bits per heavy atom. The minimum atomic E-state index is -0.512. The molecular formula is C12H17N3O2. The first-order valence-corrected chi connectivity index (χ1v) is 5.82. The molecule has 5 nitrogen and oxygen atoms in total. The third-order valence-corrected chi connectivity index (χ3v) is 3.14. The van der Waals surface area contributed by atoms with Gasteiger partial charge in [-0.3, -0.25) is 9.78 Å². The van der Waals surface area contributed by atoms with Crippen molar-refractivity contribution in [2.45, 2.75) is 12.8 Å². The first-order valence-electron chi connectivity index (χ1n) is 5.82. The van der Waals surface area contributed by atoms with Crippen LogP contribution in [-0.4, -0.2) is 35.7 Å². The second kappa shape index (κ2) is 5.14. The van der Waals surface area contributed by atoms with Gasteiger partial charge in [0.05, 0.1) is 0 Å². The van der Waals surface area contributed by atoms with Crippen molar-refractivity contribution in [2.75, 3.05) is 24.6 Å². The Labute approximate surface area is 100 Å². The molecule has 1 aromatic heterocycles. The van der Waals surface area contributed by atoms with Crippen molar-refractivity contribution in [3.63, 3.8) is 0 Å². The van der Waals surface area contributed by atoms with Gasteiger partial charge in [0, 0.05) is 31.6 Å². The van der Waals surface area contributed by atoms with Gasteiger partial charge in [-0.15, -0.1) is 0 Å². The van der Waals surface area contributed by atoms with Gasteiger partial charge in [0.1, 0.15) is 5.69 Å². The first-order chi connectivity index (χ1) is 8.20. The second-order valence-electron chi connectivity index (χ2n) is 4.40. The molecule has 3 N–H and O–H groups in total. The molecule has 0 spiro atoms. The van der Waals surface area contributed by atoms with E-state index in [-0.39, 0.29) is 12.3 Å². The van der Waals surface area contributed by atoms with E-state index in [0.717, 1.165) is 31.6 Å². The van der Waals surface area contributed by atoms with Crippen LogP contribution in [0.25, 0.3) is 0 Å². The Bertz CT molecular complexity index is 408. The van der Waals surface area contributed by atoms with E-state index in [4.69, 9.17) is 5.73 Å². The smallest absolute Gasteiger partial charge is 0.267 e. The molecule has 1 fully saturated rings. The van der Waals surface area contributed by atoms with Gasteiger partial charge in [0.2, 0.25) is 0 Å². The molecule has 1 aliphatic heterocycles. The van der Waals surface area contributed by atoms with Crippen molar-refractivity contribution >= 4 is 11.6 Å². The molecular weight excluding hydrogens is 218 g/mol. The number of carbonyl (C=O) groups excluding carboxylic acids is 1. The van der Waals surface area contributed by atoms with E-state index in [1.54, 1.807) is 12.3 Å². The summed E-state index contributed by atoms with van der Waals surface area (Å²) < 4.78 is 0. The summed E-state index contributed by atoms with van der Waals surface area (Å²) in [4.78, 5) is 17.1. The van der Waals surface area contributed by atoms with Crippen LogP contribution >= 0.6 is 0 Å². The van der Waals surface area contributed by atoms with Gasteiger partial charge in [-0.1, -0.05) is 0 Å². The number of carbonyl (C=O) groups is 1. The lowest BCUT2D eigenvalue weighted by molar-refractivity contribution is 0.0995. The molecule has 1 atom stereocenters. The molecule has 1 amide bonds. The highest BCUT2D eigenvalue weighted by Crippen LogP contribution is 2.22. The van der Waals surface area contributed by atoms with Crippen molar-refractivity contribution in [2.24, 2.45) is 11.7 Å². The fraction of sp³-hybridized carbons (Fsp3) is 0.500. The van der Waals surface area contributed by atoms with Crippen molar-refractivity contribution in [1.29, 1.82) is 0 Å². The number of hydrogen-bond donors (Lipinski definition) is 2. The molecule has 0 radical (unpaired) electrons. The van der Waals surface area contributed by atoms with Crippen LogP contribution in [0.4, 0.5) is 5.69 Å². The predicted molar refractivity (Wildman–Crippen MR) is 64.8 cm³/mol. The third-order valence-electron chi connectivity index (χ3n) is 3.14. The number of aromatic nitrogens is 1. The average molecular weight is 235 g/mol. The van der Waals surface area contributed by atoms with Gasteiger partial charge in [0.15, 0.2) is 0 Å². The molecule has 2 heterocycles. The van der Waals surface area contributed by atoms with Crippen LogP contribution in [0.15, 0.2) is 18.3 Å². The van der Waals surface area contributed by atoms with Crippen molar-refractivity contribution in [1.82, 2.24) is 4.98 Å². The molecule has 17 heavy (non-hydrogen) atoms. The van der Waals surface area contributed by atoms with Crippen molar-refractivity contribution < 1.29 is 9.90 Å². The molecule has 92 valence electrons. The third kappa shape index (κ3) is 2.74. The number of aliphatic hydroxyl groups excluding tert-OH is 1. The normalized spacial score (nSPS) is 20.3. The number of piperidine rings is 1. The number of aliphatic hydroxyl groups is 1. The van der Waals surface area contributed by atoms with Crippen LogP contribution in [0, 0.1) is 5.92 Å². The molecule has 0 aliphatic carbocycles. The predicted octanol–water partition coefficient (Wildman–Crippen LogP) is 0.389. The Morgan fingerprint density at radius 3 is 3.18 bits per heavy atom. The maximum absolute atomic E-state index is 11.1. The summed E-state index contributed by atoms with van der Waals surface area (Å²) >= 11 is 0. The van der Waals surface area contributed by atoms with Crippen LogP contribution in [0.3, 0.4) is 0 Å². The van der Waals surface area contributed by atoms with Crippen LogP contribution in [0.5, 0.6) is 0 Å². The maximum Gasteiger partial charge on any atom is 0.267 e. The Kier molecular flexibility index (Phi) is 3.58. The summed E-state index contributed by atoms with van der Waals surface area (Å²) in [5.74, 6) is -0.198. The number of primary amides is 1. The second-order valence-corrected chi connectivity index (χ2v) is 4.40. The Morgan fingerprint density at radius 2 is 2.47 bits per heavy atom. The number of amides is 1. The van der Waals surface area contributed by atoms with Crippen LogP contribution in [0.2, 0.25) is 0 Å². The van der Waals surface area contributed by atoms with Crippen LogP contribution < -0.4 is 10.6 Å². The molecule has 5 heteroatoms. The lowest BCUT2D eigenvalue weighted by Gasteiger charge is -2.33. The van der Waals surface area contributed by atoms with E-state index < -0.39 is 5.91 Å². The fourth-order valence-corrected chi connectivity index (χ4v) is 2.20. The summed E-state index contributed by atoms with van der Waals surface area (Å²) in [6, 6.07) is 3.58. The molecule has 0 aromatic carbocycles. The highest BCUT2D eigenvalue weighted by atomic mass is 16.3. The first kappa shape index (κ1) is 11.9. The lowest BCUT2D eigenvalue weighted by atomic mass is 9.98. The summed E-state index contributed by atoms with van der Waals surface area (Å²) in [5, 5.41) is 9.19. The zero-order chi connectivity index (χ0) is 12.3. The van der Waals surface area contributed by atoms with E-state index in [2.05, 4.69) is 9.88 Å². The van der Waals surface area contributed by atoms with Crippen molar-refractivity contribution in [3.8, 4) is 0 Å². The monoisotopic (exact) mass is 235 g/mol. The summed E-state index contributed by atoms with van der Waals surface area (Å²) in [6.07, 6.45) is 3.71. The van der Waals surface area contributed by atoms with Crippen LogP contribution in [-0.2, 0) is 0 Å². The highest BCUT2D eigenvalue weighted by Gasteiger charge is 2.20. The lowest BCUT2D eigenvalue weighted by Crippen LogP contribution is -2.36. The number of anilines is 1. The topological polar surface area (TPSA) is 79.5 Å². The molecule has 1 unspecified atom stereocenters. The van der Waals surface area contributed by atoms with Gasteiger partial charge >= 0.3 is 0 Å². The largest absolute Gasteiger partial charge is 0.396 e. The molecule has 1 aliphatic rings.